The second-order valence-corrected chi connectivity index (χ2v) is 6.80. The highest BCUT2D eigenvalue weighted by Crippen LogP contribution is 2.38. The van der Waals surface area contributed by atoms with Gasteiger partial charge in [0.15, 0.2) is 17.3 Å². The van der Waals surface area contributed by atoms with E-state index in [9.17, 15) is 9.59 Å². The lowest BCUT2D eigenvalue weighted by atomic mass is 10.0. The first-order chi connectivity index (χ1) is 14.5. The van der Waals surface area contributed by atoms with Crippen molar-refractivity contribution < 1.29 is 23.8 Å². The first-order valence-corrected chi connectivity index (χ1v) is 9.63. The number of rotatable bonds is 9. The Morgan fingerprint density at radius 3 is 2.10 bits per heavy atom. The predicted molar refractivity (Wildman–Crippen MR) is 115 cm³/mol. The van der Waals surface area contributed by atoms with Gasteiger partial charge in [-0.1, -0.05) is 36.4 Å². The van der Waals surface area contributed by atoms with Crippen LogP contribution in [0.5, 0.6) is 17.2 Å². The summed E-state index contributed by atoms with van der Waals surface area (Å²) in [5, 5.41) is 4.92. The van der Waals surface area contributed by atoms with Crippen LogP contribution in [-0.4, -0.2) is 33.0 Å². The van der Waals surface area contributed by atoms with Crippen molar-refractivity contribution in [1.82, 2.24) is 5.32 Å². The maximum atomic E-state index is 12.5. The fraction of sp³-hybridized carbons (Fsp3) is 0.250. The van der Waals surface area contributed by atoms with E-state index in [0.717, 1.165) is 16.3 Å². The molecule has 156 valence electrons. The highest BCUT2D eigenvalue weighted by atomic mass is 16.5. The molecule has 0 saturated carbocycles. The van der Waals surface area contributed by atoms with Gasteiger partial charge in [0.25, 0.3) is 0 Å². The fourth-order valence-electron chi connectivity index (χ4n) is 3.26. The number of nitrogens with one attached hydrogen (secondary N) is 1. The van der Waals surface area contributed by atoms with Crippen molar-refractivity contribution >= 4 is 22.5 Å². The summed E-state index contributed by atoms with van der Waals surface area (Å²) in [5.41, 5.74) is 1.42. The molecule has 0 aromatic heterocycles. The minimum atomic E-state index is -0.196. The Balaban J connectivity index is 1.57. The summed E-state index contributed by atoms with van der Waals surface area (Å²) in [5.74, 6) is 1.29. The van der Waals surface area contributed by atoms with Gasteiger partial charge in [0.05, 0.1) is 21.3 Å². The summed E-state index contributed by atoms with van der Waals surface area (Å²) in [6, 6.07) is 17.0. The molecule has 3 aromatic carbocycles. The SMILES string of the molecule is COc1cc(CNC(=O)CCC(=O)c2ccc3ccccc3c2)cc(OC)c1OC. The molecule has 0 heterocycles. The third kappa shape index (κ3) is 4.89. The monoisotopic (exact) mass is 407 g/mol. The second kappa shape index (κ2) is 9.78. The largest absolute Gasteiger partial charge is 0.493 e. The number of amides is 1. The zero-order valence-corrected chi connectivity index (χ0v) is 17.4. The van der Waals surface area contributed by atoms with Gasteiger partial charge in [0.2, 0.25) is 11.7 Å². The Morgan fingerprint density at radius 2 is 1.47 bits per heavy atom. The highest BCUT2D eigenvalue weighted by Gasteiger charge is 2.14. The standard InChI is InChI=1S/C24H25NO5/c1-28-21-12-16(13-22(29-2)24(21)30-3)15-25-23(27)11-10-20(26)19-9-8-17-6-4-5-7-18(17)14-19/h4-9,12-14H,10-11,15H2,1-3H3,(H,25,27). The molecule has 0 fully saturated rings. The Hall–Kier alpha value is -3.54. The molecular formula is C24H25NO5. The highest BCUT2D eigenvalue weighted by molar-refractivity contribution is 6.01. The van der Waals surface area contributed by atoms with Gasteiger partial charge in [0, 0.05) is 24.9 Å². The maximum absolute atomic E-state index is 12.5. The summed E-state index contributed by atoms with van der Waals surface area (Å²) in [6.45, 7) is 0.291. The molecule has 0 unspecified atom stereocenters. The smallest absolute Gasteiger partial charge is 0.220 e. The molecule has 1 N–H and O–H groups in total. The van der Waals surface area contributed by atoms with Crippen molar-refractivity contribution in [3.8, 4) is 17.2 Å². The zero-order valence-electron chi connectivity index (χ0n) is 17.4. The van der Waals surface area contributed by atoms with Crippen LogP contribution in [0, 0.1) is 0 Å². The third-order valence-electron chi connectivity index (χ3n) is 4.86. The molecule has 0 spiro atoms. The summed E-state index contributed by atoms with van der Waals surface area (Å²) in [6.07, 6.45) is 0.273. The Labute approximate surface area is 175 Å². The predicted octanol–water partition coefficient (Wildman–Crippen LogP) is 4.14. The van der Waals surface area contributed by atoms with Crippen molar-refractivity contribution in [1.29, 1.82) is 0 Å². The number of hydrogen-bond acceptors (Lipinski definition) is 5. The first-order valence-electron chi connectivity index (χ1n) is 9.63. The van der Waals surface area contributed by atoms with Gasteiger partial charge in [-0.3, -0.25) is 9.59 Å². The molecular weight excluding hydrogens is 382 g/mol. The van der Waals surface area contributed by atoms with E-state index in [2.05, 4.69) is 5.32 Å². The van der Waals surface area contributed by atoms with Crippen molar-refractivity contribution in [2.24, 2.45) is 0 Å². The van der Waals surface area contributed by atoms with E-state index < -0.39 is 0 Å². The lowest BCUT2D eigenvalue weighted by Crippen LogP contribution is -2.23. The molecule has 30 heavy (non-hydrogen) atoms. The van der Waals surface area contributed by atoms with E-state index in [1.165, 1.54) is 21.3 Å². The molecule has 0 saturated heterocycles. The van der Waals surface area contributed by atoms with Crippen LogP contribution in [0.15, 0.2) is 54.6 Å². The van der Waals surface area contributed by atoms with Gasteiger partial charge in [-0.15, -0.1) is 0 Å². The van der Waals surface area contributed by atoms with E-state index in [1.807, 2.05) is 36.4 Å². The summed E-state index contributed by atoms with van der Waals surface area (Å²) in [7, 11) is 4.62. The normalized spacial score (nSPS) is 10.5. The van der Waals surface area contributed by atoms with Gasteiger partial charge in [-0.05, 0) is 34.5 Å². The van der Waals surface area contributed by atoms with Crippen molar-refractivity contribution in [2.75, 3.05) is 21.3 Å². The topological polar surface area (TPSA) is 73.9 Å². The summed E-state index contributed by atoms with van der Waals surface area (Å²) in [4.78, 5) is 24.7. The molecule has 3 rings (SSSR count). The molecule has 3 aromatic rings. The van der Waals surface area contributed by atoms with Crippen LogP contribution in [0.4, 0.5) is 0 Å². The minimum absolute atomic E-state index is 0.0521. The van der Waals surface area contributed by atoms with Crippen LogP contribution >= 0.6 is 0 Å². The molecule has 6 heteroatoms. The number of methoxy groups -OCH3 is 3. The average molecular weight is 407 g/mol. The molecule has 0 bridgehead atoms. The second-order valence-electron chi connectivity index (χ2n) is 6.80. The number of Topliss-reactive ketones (excluding diaryl/α,β-unsaturated/α-hetero) is 1. The maximum Gasteiger partial charge on any atom is 0.220 e. The van der Waals surface area contributed by atoms with Crippen LogP contribution in [0.3, 0.4) is 0 Å². The lowest BCUT2D eigenvalue weighted by Gasteiger charge is -2.14. The number of benzene rings is 3. The molecule has 0 aliphatic carbocycles. The molecule has 6 nitrogen and oxygen atoms in total. The molecule has 0 aliphatic heterocycles. The summed E-state index contributed by atoms with van der Waals surface area (Å²) >= 11 is 0. The number of fused-ring (bicyclic) bond motifs is 1. The van der Waals surface area contributed by atoms with Crippen LogP contribution in [0.1, 0.15) is 28.8 Å². The van der Waals surface area contributed by atoms with Crippen LogP contribution < -0.4 is 19.5 Å². The van der Waals surface area contributed by atoms with Gasteiger partial charge in [-0.2, -0.15) is 0 Å². The molecule has 0 atom stereocenters. The van der Waals surface area contributed by atoms with E-state index in [-0.39, 0.29) is 24.5 Å². The van der Waals surface area contributed by atoms with E-state index in [0.29, 0.717) is 29.4 Å². The van der Waals surface area contributed by atoms with Crippen LogP contribution in [0.2, 0.25) is 0 Å². The number of carbonyl (C=O) groups excluding carboxylic acids is 2. The Bertz CT molecular complexity index is 1040. The van der Waals surface area contributed by atoms with Crippen LogP contribution in [-0.2, 0) is 11.3 Å². The molecule has 1 amide bonds. The van der Waals surface area contributed by atoms with Crippen molar-refractivity contribution in [2.45, 2.75) is 19.4 Å². The van der Waals surface area contributed by atoms with Gasteiger partial charge in [0.1, 0.15) is 0 Å². The molecule has 0 aliphatic rings. The first kappa shape index (κ1) is 21.2. The molecule has 0 radical (unpaired) electrons. The minimum Gasteiger partial charge on any atom is -0.493 e. The number of ether oxygens (including phenoxy) is 3. The fourth-order valence-corrected chi connectivity index (χ4v) is 3.26. The van der Waals surface area contributed by atoms with Crippen molar-refractivity contribution in [3.05, 3.63) is 65.7 Å². The number of ketones is 1. The van der Waals surface area contributed by atoms with E-state index in [4.69, 9.17) is 14.2 Å². The lowest BCUT2D eigenvalue weighted by molar-refractivity contribution is -0.121. The third-order valence-corrected chi connectivity index (χ3v) is 4.86. The number of hydrogen-bond donors (Lipinski definition) is 1. The quantitative estimate of drug-likeness (QED) is 0.540. The van der Waals surface area contributed by atoms with Gasteiger partial charge >= 0.3 is 0 Å². The Kier molecular flexibility index (Phi) is 6.91. The summed E-state index contributed by atoms with van der Waals surface area (Å²) < 4.78 is 15.9. The van der Waals surface area contributed by atoms with E-state index >= 15 is 0 Å². The zero-order chi connectivity index (χ0) is 21.5. The Morgan fingerprint density at radius 1 is 0.800 bits per heavy atom. The number of carbonyl (C=O) groups is 2. The van der Waals surface area contributed by atoms with Gasteiger partial charge < -0.3 is 19.5 Å². The average Bonchev–Trinajstić information content (AvgIpc) is 2.79. The van der Waals surface area contributed by atoms with Crippen LogP contribution in [0.25, 0.3) is 10.8 Å². The van der Waals surface area contributed by atoms with Crippen molar-refractivity contribution in [3.63, 3.8) is 0 Å². The van der Waals surface area contributed by atoms with Gasteiger partial charge in [-0.25, -0.2) is 0 Å². The van der Waals surface area contributed by atoms with E-state index in [1.54, 1.807) is 18.2 Å².